The van der Waals surface area contributed by atoms with Crippen LogP contribution in [0.1, 0.15) is 25.5 Å². The number of aliphatic imine (C=N–C) groups is 1. The van der Waals surface area contributed by atoms with Crippen molar-refractivity contribution < 1.29 is 0 Å². The van der Waals surface area contributed by atoms with E-state index >= 15 is 0 Å². The molecule has 2 aromatic rings. The number of hydrogen-bond acceptors (Lipinski definition) is 3. The van der Waals surface area contributed by atoms with Crippen molar-refractivity contribution in [1.29, 1.82) is 0 Å². The van der Waals surface area contributed by atoms with Gasteiger partial charge in [-0.2, -0.15) is 5.10 Å². The van der Waals surface area contributed by atoms with Gasteiger partial charge in [0.05, 0.1) is 0 Å². The molecule has 0 aliphatic carbocycles. The lowest BCUT2D eigenvalue weighted by molar-refractivity contribution is 0.842. The fourth-order valence-corrected chi connectivity index (χ4v) is 1.62. The molecule has 0 unspecified atom stereocenters. The highest BCUT2D eigenvalue weighted by atomic mass is 15.3. The second-order valence-electron chi connectivity index (χ2n) is 4.34. The minimum Gasteiger partial charge on any atom is -0.280 e. The number of unbranched alkanes of at least 4 members (excludes halogenated alkanes) is 1. The van der Waals surface area contributed by atoms with Gasteiger partial charge in [0.2, 0.25) is 0 Å². The fourth-order valence-electron chi connectivity index (χ4n) is 1.62. The van der Waals surface area contributed by atoms with Gasteiger partial charge in [-0.25, -0.2) is 9.67 Å². The minimum absolute atomic E-state index is 0.479. The van der Waals surface area contributed by atoms with Crippen LogP contribution >= 0.6 is 0 Å². The average Bonchev–Trinajstić information content (AvgIpc) is 3.00. The molecule has 106 valence electrons. The van der Waals surface area contributed by atoms with Gasteiger partial charge in [0, 0.05) is 18.6 Å². The summed E-state index contributed by atoms with van der Waals surface area (Å²) in [6.07, 6.45) is 11.7. The smallest absolute Gasteiger partial charge is 0.153 e. The Kier molecular flexibility index (Phi) is 5.96. The van der Waals surface area contributed by atoms with E-state index in [0.29, 0.717) is 6.54 Å². The van der Waals surface area contributed by atoms with Crippen molar-refractivity contribution >= 4 is 6.21 Å². The number of aromatic nitrogens is 3. The SMILES string of the molecule is CCC/C=C\C=N/CC#Cc1ccn(-c2ccccn2)n1. The Morgan fingerprint density at radius 2 is 2.29 bits per heavy atom. The monoisotopic (exact) mass is 278 g/mol. The molecule has 2 heterocycles. The Labute approximate surface area is 125 Å². The number of rotatable bonds is 5. The van der Waals surface area contributed by atoms with Crippen LogP contribution in [0.4, 0.5) is 0 Å². The Balaban J connectivity index is 1.88. The molecular weight excluding hydrogens is 260 g/mol. The first-order valence-corrected chi connectivity index (χ1v) is 7.01. The van der Waals surface area contributed by atoms with Crippen LogP contribution in [0.2, 0.25) is 0 Å². The Morgan fingerprint density at radius 3 is 3.10 bits per heavy atom. The minimum atomic E-state index is 0.479. The Morgan fingerprint density at radius 1 is 1.33 bits per heavy atom. The van der Waals surface area contributed by atoms with E-state index in [4.69, 9.17) is 0 Å². The van der Waals surface area contributed by atoms with Gasteiger partial charge >= 0.3 is 0 Å². The molecule has 2 aromatic heterocycles. The van der Waals surface area contributed by atoms with Crippen molar-refractivity contribution in [3.63, 3.8) is 0 Å². The second kappa shape index (κ2) is 8.49. The van der Waals surface area contributed by atoms with E-state index in [1.165, 1.54) is 0 Å². The summed E-state index contributed by atoms with van der Waals surface area (Å²) in [5, 5.41) is 4.35. The maximum Gasteiger partial charge on any atom is 0.153 e. The van der Waals surface area contributed by atoms with Crippen LogP contribution in [0, 0.1) is 11.8 Å². The van der Waals surface area contributed by atoms with Crippen LogP contribution in [0.5, 0.6) is 0 Å². The standard InChI is InChI=1S/C17H18N4/c1-2-3-4-6-12-18-13-8-9-16-11-15-21(20-16)17-10-5-7-14-19-17/h4-7,10-12,14-15H,2-3,13H2,1H3/b6-4-,18-12-. The van der Waals surface area contributed by atoms with E-state index in [0.717, 1.165) is 24.4 Å². The summed E-state index contributed by atoms with van der Waals surface area (Å²) in [5.41, 5.74) is 0.720. The average molecular weight is 278 g/mol. The lowest BCUT2D eigenvalue weighted by Gasteiger charge is -1.96. The first-order chi connectivity index (χ1) is 10.4. The third-order valence-electron chi connectivity index (χ3n) is 2.64. The van der Waals surface area contributed by atoms with Crippen molar-refractivity contribution in [1.82, 2.24) is 14.8 Å². The molecule has 0 N–H and O–H groups in total. The molecule has 0 aromatic carbocycles. The molecule has 0 aliphatic rings. The summed E-state index contributed by atoms with van der Waals surface area (Å²) in [6, 6.07) is 7.57. The zero-order valence-corrected chi connectivity index (χ0v) is 12.1. The maximum atomic E-state index is 4.35. The van der Waals surface area contributed by atoms with E-state index in [2.05, 4.69) is 39.9 Å². The van der Waals surface area contributed by atoms with Gasteiger partial charge in [-0.05, 0) is 36.6 Å². The maximum absolute atomic E-state index is 4.35. The van der Waals surface area contributed by atoms with Crippen molar-refractivity contribution in [3.8, 4) is 17.7 Å². The first-order valence-electron chi connectivity index (χ1n) is 7.01. The summed E-state index contributed by atoms with van der Waals surface area (Å²) in [5.74, 6) is 6.75. The van der Waals surface area contributed by atoms with E-state index in [-0.39, 0.29) is 0 Å². The molecule has 0 radical (unpaired) electrons. The Bertz CT molecular complexity index is 657. The first kappa shape index (κ1) is 14.7. The summed E-state index contributed by atoms with van der Waals surface area (Å²) in [6.45, 7) is 2.63. The summed E-state index contributed by atoms with van der Waals surface area (Å²) < 4.78 is 1.71. The van der Waals surface area contributed by atoms with Gasteiger partial charge in [-0.3, -0.25) is 4.99 Å². The fraction of sp³-hybridized carbons (Fsp3) is 0.235. The molecule has 0 atom stereocenters. The zero-order valence-electron chi connectivity index (χ0n) is 12.1. The van der Waals surface area contributed by atoms with E-state index < -0.39 is 0 Å². The van der Waals surface area contributed by atoms with E-state index in [1.807, 2.05) is 36.5 Å². The van der Waals surface area contributed by atoms with Crippen molar-refractivity contribution in [2.75, 3.05) is 6.54 Å². The number of hydrogen-bond donors (Lipinski definition) is 0. The van der Waals surface area contributed by atoms with E-state index in [9.17, 15) is 0 Å². The topological polar surface area (TPSA) is 43.1 Å². The van der Waals surface area contributed by atoms with Gasteiger partial charge < -0.3 is 0 Å². The van der Waals surface area contributed by atoms with Gasteiger partial charge in [0.15, 0.2) is 5.82 Å². The number of nitrogens with zero attached hydrogens (tertiary/aromatic N) is 4. The third-order valence-corrected chi connectivity index (χ3v) is 2.64. The molecule has 21 heavy (non-hydrogen) atoms. The van der Waals surface area contributed by atoms with Gasteiger partial charge in [0.25, 0.3) is 0 Å². The summed E-state index contributed by atoms with van der Waals surface area (Å²) in [4.78, 5) is 8.42. The largest absolute Gasteiger partial charge is 0.280 e. The van der Waals surface area contributed by atoms with Crippen LogP contribution in [-0.2, 0) is 0 Å². The Hall–Kier alpha value is -2.67. The molecule has 4 nitrogen and oxygen atoms in total. The summed E-state index contributed by atoms with van der Waals surface area (Å²) in [7, 11) is 0. The van der Waals surface area contributed by atoms with Crippen LogP contribution in [0.3, 0.4) is 0 Å². The molecular formula is C17H18N4. The van der Waals surface area contributed by atoms with Crippen molar-refractivity contribution in [2.24, 2.45) is 4.99 Å². The van der Waals surface area contributed by atoms with Gasteiger partial charge in [0.1, 0.15) is 12.2 Å². The highest BCUT2D eigenvalue weighted by molar-refractivity contribution is 5.71. The van der Waals surface area contributed by atoms with Gasteiger partial charge in [-0.1, -0.05) is 31.4 Å². The number of allylic oxidation sites excluding steroid dienone is 2. The molecule has 0 saturated carbocycles. The molecule has 0 saturated heterocycles. The predicted molar refractivity (Wildman–Crippen MR) is 85.6 cm³/mol. The summed E-state index contributed by atoms with van der Waals surface area (Å²) >= 11 is 0. The second-order valence-corrected chi connectivity index (χ2v) is 4.34. The van der Waals surface area contributed by atoms with Crippen molar-refractivity contribution in [3.05, 3.63) is 54.5 Å². The van der Waals surface area contributed by atoms with Crippen LogP contribution in [0.25, 0.3) is 5.82 Å². The molecule has 0 amide bonds. The molecule has 4 heteroatoms. The van der Waals surface area contributed by atoms with Crippen LogP contribution in [0.15, 0.2) is 53.8 Å². The highest BCUT2D eigenvalue weighted by Gasteiger charge is 1.98. The predicted octanol–water partition coefficient (Wildman–Crippen LogP) is 3.05. The number of pyridine rings is 1. The lowest BCUT2D eigenvalue weighted by atomic mass is 10.3. The lowest BCUT2D eigenvalue weighted by Crippen LogP contribution is -1.97. The van der Waals surface area contributed by atoms with Crippen molar-refractivity contribution in [2.45, 2.75) is 19.8 Å². The molecule has 0 fully saturated rings. The van der Waals surface area contributed by atoms with E-state index in [1.54, 1.807) is 17.1 Å². The normalized spacial score (nSPS) is 10.9. The molecule has 0 bridgehead atoms. The molecule has 2 rings (SSSR count). The van der Waals surface area contributed by atoms with Crippen LogP contribution < -0.4 is 0 Å². The molecule has 0 aliphatic heterocycles. The quantitative estimate of drug-likeness (QED) is 0.623. The highest BCUT2D eigenvalue weighted by Crippen LogP contribution is 2.02. The molecule has 0 spiro atoms. The van der Waals surface area contributed by atoms with Crippen LogP contribution in [-0.4, -0.2) is 27.5 Å². The third kappa shape index (κ3) is 5.07. The van der Waals surface area contributed by atoms with Gasteiger partial charge in [-0.15, -0.1) is 0 Å². The zero-order chi connectivity index (χ0) is 14.8.